The maximum atomic E-state index is 12.7. The number of nitriles is 1. The van der Waals surface area contributed by atoms with Crippen molar-refractivity contribution in [1.29, 1.82) is 5.26 Å². The Morgan fingerprint density at radius 2 is 2.03 bits per heavy atom. The molecule has 0 atom stereocenters. The Morgan fingerprint density at radius 1 is 1.19 bits per heavy atom. The summed E-state index contributed by atoms with van der Waals surface area (Å²) in [6.45, 7) is 3.05. The van der Waals surface area contributed by atoms with Gasteiger partial charge >= 0.3 is 0 Å². The van der Waals surface area contributed by atoms with Crippen molar-refractivity contribution >= 4 is 22.9 Å². The summed E-state index contributed by atoms with van der Waals surface area (Å²) in [7, 11) is 1.88. The van der Waals surface area contributed by atoms with Gasteiger partial charge in [0.1, 0.15) is 11.8 Å². The molecule has 4 heterocycles. The Hall–Kier alpha value is -4.19. The van der Waals surface area contributed by atoms with E-state index in [0.29, 0.717) is 18.7 Å². The minimum absolute atomic E-state index is 0.0273. The number of carbonyl (C=O) groups excluding carboxylic acids is 1. The maximum absolute atomic E-state index is 12.7. The van der Waals surface area contributed by atoms with Gasteiger partial charge in [-0.3, -0.25) is 9.48 Å². The highest BCUT2D eigenvalue weighted by atomic mass is 16.2. The quantitative estimate of drug-likeness (QED) is 0.552. The average molecular weight is 412 g/mol. The molecule has 1 aliphatic rings. The molecule has 1 fully saturated rings. The Bertz CT molecular complexity index is 1340. The highest BCUT2D eigenvalue weighted by molar-refractivity contribution is 5.95. The molecule has 0 spiro atoms. The molecule has 0 bridgehead atoms. The first-order valence-electron chi connectivity index (χ1n) is 9.91. The van der Waals surface area contributed by atoms with Crippen LogP contribution in [-0.4, -0.2) is 43.4 Å². The van der Waals surface area contributed by atoms with Gasteiger partial charge in [0.2, 0.25) is 5.91 Å². The van der Waals surface area contributed by atoms with E-state index in [9.17, 15) is 4.79 Å². The lowest BCUT2D eigenvalue weighted by Crippen LogP contribution is -2.52. The van der Waals surface area contributed by atoms with E-state index >= 15 is 0 Å². The molecule has 1 aromatic carbocycles. The number of anilines is 2. The summed E-state index contributed by atoms with van der Waals surface area (Å²) >= 11 is 0. The minimum Gasteiger partial charge on any atom is -0.353 e. The lowest BCUT2D eigenvalue weighted by Gasteiger charge is -2.39. The van der Waals surface area contributed by atoms with Crippen molar-refractivity contribution in [2.45, 2.75) is 6.92 Å². The molecular formula is C22H20N8O. The third kappa shape index (κ3) is 3.38. The molecule has 31 heavy (non-hydrogen) atoms. The van der Waals surface area contributed by atoms with Crippen LogP contribution in [0.3, 0.4) is 0 Å². The van der Waals surface area contributed by atoms with E-state index in [1.807, 2.05) is 38.6 Å². The van der Waals surface area contributed by atoms with Gasteiger partial charge in [0.05, 0.1) is 23.7 Å². The summed E-state index contributed by atoms with van der Waals surface area (Å²) in [5, 5.41) is 20.5. The number of aryl methyl sites for hydroxylation is 2. The second-order valence-corrected chi connectivity index (χ2v) is 7.78. The molecule has 1 N–H and O–H groups in total. The highest BCUT2D eigenvalue weighted by Crippen LogP contribution is 2.30. The van der Waals surface area contributed by atoms with Gasteiger partial charge in [-0.15, -0.1) is 0 Å². The van der Waals surface area contributed by atoms with Crippen LogP contribution in [0.2, 0.25) is 0 Å². The summed E-state index contributed by atoms with van der Waals surface area (Å²) in [5.41, 5.74) is 5.11. The number of benzene rings is 1. The normalized spacial score (nSPS) is 13.8. The first-order valence-corrected chi connectivity index (χ1v) is 9.91. The molecule has 0 aliphatic carbocycles. The molecule has 9 heteroatoms. The van der Waals surface area contributed by atoms with E-state index in [4.69, 9.17) is 5.26 Å². The summed E-state index contributed by atoms with van der Waals surface area (Å²) in [6, 6.07) is 9.40. The van der Waals surface area contributed by atoms with Crippen LogP contribution >= 0.6 is 0 Å². The third-order valence-electron chi connectivity index (χ3n) is 5.59. The summed E-state index contributed by atoms with van der Waals surface area (Å²) in [5.74, 6) is 0.655. The van der Waals surface area contributed by atoms with Crippen LogP contribution in [0.25, 0.3) is 16.6 Å². The lowest BCUT2D eigenvalue weighted by molar-refractivity contribution is -0.120. The Labute approximate surface area is 178 Å². The van der Waals surface area contributed by atoms with Gasteiger partial charge in [-0.1, -0.05) is 0 Å². The molecule has 1 aliphatic heterocycles. The van der Waals surface area contributed by atoms with Crippen LogP contribution in [-0.2, 0) is 11.8 Å². The topological polar surface area (TPSA) is 104 Å². The van der Waals surface area contributed by atoms with Gasteiger partial charge in [0.25, 0.3) is 0 Å². The number of hydrogen-bond acceptors (Lipinski definition) is 6. The Kier molecular flexibility index (Phi) is 4.40. The molecule has 1 amide bonds. The van der Waals surface area contributed by atoms with Crippen molar-refractivity contribution in [3.8, 4) is 17.2 Å². The smallest absolute Gasteiger partial charge is 0.231 e. The molecule has 4 aromatic rings. The first-order chi connectivity index (χ1) is 15.0. The van der Waals surface area contributed by atoms with Crippen LogP contribution in [0.1, 0.15) is 11.1 Å². The maximum Gasteiger partial charge on any atom is 0.231 e. The standard InChI is InChI=1S/C22H20N8O/c1-14-5-15(7-23)3-4-19(14)27-22(31)18-10-29(11-18)21-20-6-16(12-30(20)26-13-24-21)17-8-25-28(2)9-17/h3-6,8-9,12-13,18H,10-11H2,1-2H3,(H,27,31). The number of nitrogens with one attached hydrogen (secondary N) is 1. The fraction of sp³-hybridized carbons (Fsp3) is 0.227. The summed E-state index contributed by atoms with van der Waals surface area (Å²) < 4.78 is 3.57. The van der Waals surface area contributed by atoms with E-state index in [-0.39, 0.29) is 11.8 Å². The minimum atomic E-state index is -0.127. The zero-order chi connectivity index (χ0) is 21.5. The average Bonchev–Trinajstić information content (AvgIpc) is 3.35. The number of hydrogen-bond donors (Lipinski definition) is 1. The van der Waals surface area contributed by atoms with E-state index in [1.54, 1.807) is 27.4 Å². The molecule has 0 radical (unpaired) electrons. The molecule has 1 saturated heterocycles. The van der Waals surface area contributed by atoms with Crippen molar-refractivity contribution in [2.75, 3.05) is 23.3 Å². The molecule has 154 valence electrons. The number of rotatable bonds is 4. The fourth-order valence-electron chi connectivity index (χ4n) is 3.81. The number of aromatic nitrogens is 5. The van der Waals surface area contributed by atoms with E-state index in [2.05, 4.69) is 31.5 Å². The van der Waals surface area contributed by atoms with Crippen LogP contribution in [0.4, 0.5) is 11.5 Å². The monoisotopic (exact) mass is 412 g/mol. The largest absolute Gasteiger partial charge is 0.353 e. The summed E-state index contributed by atoms with van der Waals surface area (Å²) in [4.78, 5) is 19.2. The van der Waals surface area contributed by atoms with Crippen molar-refractivity contribution in [1.82, 2.24) is 24.4 Å². The lowest BCUT2D eigenvalue weighted by atomic mass is 9.98. The van der Waals surface area contributed by atoms with E-state index in [0.717, 1.165) is 33.7 Å². The number of carbonyl (C=O) groups is 1. The van der Waals surface area contributed by atoms with Crippen LogP contribution in [0.15, 0.2) is 49.2 Å². The second-order valence-electron chi connectivity index (χ2n) is 7.78. The van der Waals surface area contributed by atoms with Crippen LogP contribution in [0, 0.1) is 24.2 Å². The molecule has 9 nitrogen and oxygen atoms in total. The second kappa shape index (κ2) is 7.25. The number of amides is 1. The zero-order valence-electron chi connectivity index (χ0n) is 17.1. The molecule has 0 saturated carbocycles. The predicted octanol–water partition coefficient (Wildman–Crippen LogP) is 2.38. The highest BCUT2D eigenvalue weighted by Gasteiger charge is 2.34. The van der Waals surface area contributed by atoms with Crippen LogP contribution in [0.5, 0.6) is 0 Å². The fourth-order valence-corrected chi connectivity index (χ4v) is 3.81. The molecule has 3 aromatic heterocycles. The predicted molar refractivity (Wildman–Crippen MR) is 115 cm³/mol. The van der Waals surface area contributed by atoms with E-state index < -0.39 is 0 Å². The van der Waals surface area contributed by atoms with Gasteiger partial charge in [-0.2, -0.15) is 15.5 Å². The molecular weight excluding hydrogens is 392 g/mol. The first kappa shape index (κ1) is 18.8. The van der Waals surface area contributed by atoms with Gasteiger partial charge in [0, 0.05) is 49.3 Å². The van der Waals surface area contributed by atoms with Gasteiger partial charge in [0.15, 0.2) is 5.82 Å². The molecule has 5 rings (SSSR count). The van der Waals surface area contributed by atoms with Crippen molar-refractivity contribution < 1.29 is 4.79 Å². The van der Waals surface area contributed by atoms with Crippen molar-refractivity contribution in [3.05, 3.63) is 60.3 Å². The Balaban J connectivity index is 1.31. The van der Waals surface area contributed by atoms with Gasteiger partial charge in [-0.25, -0.2) is 9.50 Å². The zero-order valence-corrected chi connectivity index (χ0v) is 17.1. The Morgan fingerprint density at radius 3 is 2.74 bits per heavy atom. The number of fused-ring (bicyclic) bond motifs is 1. The van der Waals surface area contributed by atoms with E-state index in [1.165, 1.54) is 6.33 Å². The van der Waals surface area contributed by atoms with Gasteiger partial charge < -0.3 is 10.2 Å². The van der Waals surface area contributed by atoms with Crippen LogP contribution < -0.4 is 10.2 Å². The van der Waals surface area contributed by atoms with Crippen molar-refractivity contribution in [3.63, 3.8) is 0 Å². The SMILES string of the molecule is Cc1cc(C#N)ccc1NC(=O)C1CN(c2ncnn3cc(-c4cnn(C)c4)cc23)C1. The number of nitrogens with zero attached hydrogens (tertiary/aromatic N) is 7. The summed E-state index contributed by atoms with van der Waals surface area (Å²) in [6.07, 6.45) is 7.26. The third-order valence-corrected chi connectivity index (χ3v) is 5.59. The van der Waals surface area contributed by atoms with Crippen molar-refractivity contribution in [2.24, 2.45) is 13.0 Å². The molecule has 0 unspecified atom stereocenters. The van der Waals surface area contributed by atoms with Gasteiger partial charge in [-0.05, 0) is 36.8 Å².